The van der Waals surface area contributed by atoms with Crippen molar-refractivity contribution in [3.8, 4) is 0 Å². The molecule has 1 aliphatic rings. The van der Waals surface area contributed by atoms with Gasteiger partial charge in [0.15, 0.2) is 0 Å². The third kappa shape index (κ3) is 4.39. The van der Waals surface area contributed by atoms with E-state index in [4.69, 9.17) is 4.42 Å². The van der Waals surface area contributed by atoms with Gasteiger partial charge in [-0.15, -0.1) is 0 Å². The van der Waals surface area contributed by atoms with E-state index in [1.54, 1.807) is 12.3 Å². The van der Waals surface area contributed by atoms with Crippen molar-refractivity contribution < 1.29 is 14.0 Å². The van der Waals surface area contributed by atoms with Gasteiger partial charge >= 0.3 is 0 Å². The fourth-order valence-electron chi connectivity index (χ4n) is 3.22. The third-order valence-electron chi connectivity index (χ3n) is 4.85. The molecule has 6 nitrogen and oxygen atoms in total. The average molecular weight is 365 g/mol. The summed E-state index contributed by atoms with van der Waals surface area (Å²) in [5, 5.41) is 6.99. The molecule has 0 spiro atoms. The van der Waals surface area contributed by atoms with Crippen LogP contribution in [-0.2, 0) is 22.4 Å². The van der Waals surface area contributed by atoms with Crippen LogP contribution in [0.4, 0.5) is 0 Å². The molecule has 6 heteroatoms. The van der Waals surface area contributed by atoms with E-state index in [1.807, 2.05) is 36.5 Å². The maximum atomic E-state index is 12.7. The van der Waals surface area contributed by atoms with Crippen molar-refractivity contribution in [2.45, 2.75) is 44.2 Å². The number of aromatic amines is 1. The summed E-state index contributed by atoms with van der Waals surface area (Å²) < 4.78 is 5.27. The van der Waals surface area contributed by atoms with E-state index in [2.05, 4.69) is 15.6 Å². The van der Waals surface area contributed by atoms with Crippen molar-refractivity contribution >= 4 is 22.7 Å². The molecular weight excluding hydrogens is 342 g/mol. The van der Waals surface area contributed by atoms with E-state index < -0.39 is 6.04 Å². The van der Waals surface area contributed by atoms with Crippen LogP contribution in [-0.4, -0.2) is 28.9 Å². The fourth-order valence-corrected chi connectivity index (χ4v) is 3.22. The number of aromatic nitrogens is 1. The van der Waals surface area contributed by atoms with Crippen molar-refractivity contribution in [1.29, 1.82) is 0 Å². The third-order valence-corrected chi connectivity index (χ3v) is 4.85. The Kier molecular flexibility index (Phi) is 4.96. The highest BCUT2D eigenvalue weighted by Crippen LogP contribution is 2.21. The predicted octanol–water partition coefficient (Wildman–Crippen LogP) is 2.70. The Morgan fingerprint density at radius 1 is 1.19 bits per heavy atom. The number of fused-ring (bicyclic) bond motifs is 1. The van der Waals surface area contributed by atoms with Gasteiger partial charge in [0, 0.05) is 42.4 Å². The summed E-state index contributed by atoms with van der Waals surface area (Å²) in [6.45, 7) is 0. The molecule has 27 heavy (non-hydrogen) atoms. The summed E-state index contributed by atoms with van der Waals surface area (Å²) in [5.41, 5.74) is 2.05. The number of rotatable bonds is 8. The minimum atomic E-state index is -0.589. The van der Waals surface area contributed by atoms with E-state index in [-0.39, 0.29) is 24.3 Å². The van der Waals surface area contributed by atoms with Gasteiger partial charge in [-0.1, -0.05) is 18.2 Å². The second-order valence-electron chi connectivity index (χ2n) is 7.05. The van der Waals surface area contributed by atoms with Crippen LogP contribution in [0.15, 0.2) is 53.3 Å². The molecule has 0 saturated heterocycles. The summed E-state index contributed by atoms with van der Waals surface area (Å²) in [5.74, 6) is 0.497. The predicted molar refractivity (Wildman–Crippen MR) is 102 cm³/mol. The number of benzene rings is 1. The van der Waals surface area contributed by atoms with Gasteiger partial charge in [-0.05, 0) is 36.6 Å². The van der Waals surface area contributed by atoms with Crippen LogP contribution in [0.1, 0.15) is 30.6 Å². The van der Waals surface area contributed by atoms with E-state index in [0.29, 0.717) is 12.8 Å². The Balaban J connectivity index is 1.44. The highest BCUT2D eigenvalue weighted by atomic mass is 16.3. The SMILES string of the molecule is O=C(CCc1ccco1)N[C@@H](Cc1c[nH]c2ccccc12)C(=O)NC1CC1. The number of furan rings is 1. The van der Waals surface area contributed by atoms with Crippen LogP contribution in [0.3, 0.4) is 0 Å². The van der Waals surface area contributed by atoms with Crippen molar-refractivity contribution in [3.63, 3.8) is 0 Å². The number of para-hydroxylation sites is 1. The molecule has 2 heterocycles. The number of aryl methyl sites for hydroxylation is 1. The Labute approximate surface area is 157 Å². The Bertz CT molecular complexity index is 925. The molecule has 3 N–H and O–H groups in total. The first kappa shape index (κ1) is 17.4. The average Bonchev–Trinajstić information content (AvgIpc) is 3.18. The molecule has 2 amide bonds. The van der Waals surface area contributed by atoms with E-state index in [0.717, 1.165) is 35.1 Å². The molecule has 140 valence electrons. The van der Waals surface area contributed by atoms with Crippen molar-refractivity contribution in [2.75, 3.05) is 0 Å². The first-order valence-corrected chi connectivity index (χ1v) is 9.36. The van der Waals surface area contributed by atoms with Gasteiger partial charge in [0.2, 0.25) is 11.8 Å². The van der Waals surface area contributed by atoms with Crippen LogP contribution < -0.4 is 10.6 Å². The normalized spacial score (nSPS) is 14.8. The van der Waals surface area contributed by atoms with Crippen LogP contribution >= 0.6 is 0 Å². The highest BCUT2D eigenvalue weighted by Gasteiger charge is 2.29. The number of nitrogens with one attached hydrogen (secondary N) is 3. The second kappa shape index (κ2) is 7.70. The molecule has 0 aliphatic heterocycles. The molecule has 1 atom stereocenters. The molecule has 1 aromatic carbocycles. The van der Waals surface area contributed by atoms with Crippen molar-refractivity contribution in [3.05, 3.63) is 60.2 Å². The maximum absolute atomic E-state index is 12.7. The Morgan fingerprint density at radius 2 is 2.04 bits per heavy atom. The monoisotopic (exact) mass is 365 g/mol. The zero-order valence-corrected chi connectivity index (χ0v) is 15.0. The summed E-state index contributed by atoms with van der Waals surface area (Å²) in [6, 6.07) is 11.3. The van der Waals surface area contributed by atoms with Gasteiger partial charge in [0.1, 0.15) is 11.8 Å². The minimum absolute atomic E-state index is 0.117. The lowest BCUT2D eigenvalue weighted by molar-refractivity contribution is -0.129. The number of hydrogen-bond acceptors (Lipinski definition) is 3. The molecule has 1 fully saturated rings. The molecule has 2 aromatic heterocycles. The van der Waals surface area contributed by atoms with Gasteiger partial charge in [-0.3, -0.25) is 9.59 Å². The number of carbonyl (C=O) groups excluding carboxylic acids is 2. The molecule has 0 bridgehead atoms. The van der Waals surface area contributed by atoms with Gasteiger partial charge < -0.3 is 20.0 Å². The van der Waals surface area contributed by atoms with Crippen LogP contribution in [0, 0.1) is 0 Å². The Hall–Kier alpha value is -3.02. The van der Waals surface area contributed by atoms with E-state index in [9.17, 15) is 9.59 Å². The number of hydrogen-bond donors (Lipinski definition) is 3. The summed E-state index contributed by atoms with van der Waals surface area (Å²) in [7, 11) is 0. The lowest BCUT2D eigenvalue weighted by Gasteiger charge is -2.18. The zero-order chi connectivity index (χ0) is 18.6. The molecule has 0 radical (unpaired) electrons. The van der Waals surface area contributed by atoms with E-state index in [1.165, 1.54) is 0 Å². The van der Waals surface area contributed by atoms with Crippen molar-refractivity contribution in [1.82, 2.24) is 15.6 Å². The standard InChI is InChI=1S/C21H23N3O3/c25-20(10-9-16-4-3-11-27-16)24-19(21(26)23-15-7-8-15)12-14-13-22-18-6-2-1-5-17(14)18/h1-6,11,13,15,19,22H,7-10,12H2,(H,23,26)(H,24,25)/t19-/m0/s1. The number of amides is 2. The largest absolute Gasteiger partial charge is 0.469 e. The molecule has 3 aromatic rings. The van der Waals surface area contributed by atoms with E-state index >= 15 is 0 Å². The first-order chi connectivity index (χ1) is 13.2. The van der Waals surface area contributed by atoms with Crippen LogP contribution in [0.5, 0.6) is 0 Å². The molecule has 1 aliphatic carbocycles. The molecule has 4 rings (SSSR count). The quantitative estimate of drug-likeness (QED) is 0.574. The second-order valence-corrected chi connectivity index (χ2v) is 7.05. The minimum Gasteiger partial charge on any atom is -0.469 e. The molecular formula is C21H23N3O3. The van der Waals surface area contributed by atoms with Gasteiger partial charge in [0.05, 0.1) is 6.26 Å². The lowest BCUT2D eigenvalue weighted by atomic mass is 10.0. The highest BCUT2D eigenvalue weighted by molar-refractivity contribution is 5.89. The zero-order valence-electron chi connectivity index (χ0n) is 15.0. The topological polar surface area (TPSA) is 87.1 Å². The van der Waals surface area contributed by atoms with Crippen LogP contribution in [0.25, 0.3) is 10.9 Å². The van der Waals surface area contributed by atoms with Gasteiger partial charge in [-0.2, -0.15) is 0 Å². The summed E-state index contributed by atoms with van der Waals surface area (Å²) >= 11 is 0. The molecule has 1 saturated carbocycles. The fraction of sp³-hybridized carbons (Fsp3) is 0.333. The lowest BCUT2D eigenvalue weighted by Crippen LogP contribution is -2.48. The Morgan fingerprint density at radius 3 is 2.81 bits per heavy atom. The van der Waals surface area contributed by atoms with Gasteiger partial charge in [-0.25, -0.2) is 0 Å². The smallest absolute Gasteiger partial charge is 0.243 e. The number of carbonyl (C=O) groups is 2. The number of H-pyrrole nitrogens is 1. The summed E-state index contributed by atoms with van der Waals surface area (Å²) in [6.07, 6.45) is 6.79. The van der Waals surface area contributed by atoms with Crippen LogP contribution in [0.2, 0.25) is 0 Å². The molecule has 0 unspecified atom stereocenters. The first-order valence-electron chi connectivity index (χ1n) is 9.36. The van der Waals surface area contributed by atoms with Gasteiger partial charge in [0.25, 0.3) is 0 Å². The maximum Gasteiger partial charge on any atom is 0.243 e. The summed E-state index contributed by atoms with van der Waals surface area (Å²) in [4.78, 5) is 28.3. The van der Waals surface area contributed by atoms with Crippen molar-refractivity contribution in [2.24, 2.45) is 0 Å².